The van der Waals surface area contributed by atoms with Gasteiger partial charge in [0, 0.05) is 6.04 Å². The second-order valence-corrected chi connectivity index (χ2v) is 6.00. The van der Waals surface area contributed by atoms with E-state index in [-0.39, 0.29) is 11.6 Å². The maximum absolute atomic E-state index is 12.2. The molecule has 1 fully saturated rings. The number of amides is 3. The summed E-state index contributed by atoms with van der Waals surface area (Å²) in [5.41, 5.74) is 0.131. The quantitative estimate of drug-likeness (QED) is 0.749. The van der Waals surface area contributed by atoms with E-state index in [1.165, 1.54) is 26.7 Å². The molecule has 0 aromatic heterocycles. The molecule has 0 spiro atoms. The van der Waals surface area contributed by atoms with Crippen molar-refractivity contribution in [3.63, 3.8) is 0 Å². The lowest BCUT2D eigenvalue weighted by Gasteiger charge is -2.22. The highest BCUT2D eigenvalue weighted by Gasteiger charge is 2.19. The molecule has 0 aliphatic heterocycles. The Morgan fingerprint density at radius 3 is 2.46 bits per heavy atom. The highest BCUT2D eigenvalue weighted by molar-refractivity contribution is 5.98. The number of hydrogen-bond acceptors (Lipinski definition) is 6. The van der Waals surface area contributed by atoms with Gasteiger partial charge in [0.05, 0.1) is 14.2 Å². The van der Waals surface area contributed by atoms with Crippen LogP contribution in [0, 0.1) is 0 Å². The Morgan fingerprint density at radius 2 is 1.81 bits per heavy atom. The van der Waals surface area contributed by atoms with Crippen LogP contribution in [0.5, 0.6) is 11.5 Å². The van der Waals surface area contributed by atoms with E-state index in [0.29, 0.717) is 11.5 Å². The number of nitrogens with one attached hydrogen (secondary N) is 2. The zero-order chi connectivity index (χ0) is 18.9. The Balaban J connectivity index is 1.82. The minimum absolute atomic E-state index is 0.0835. The fourth-order valence-electron chi connectivity index (χ4n) is 2.81. The number of imide groups is 1. The third kappa shape index (κ3) is 5.65. The van der Waals surface area contributed by atoms with Crippen LogP contribution in [0.2, 0.25) is 0 Å². The number of hydrogen-bond donors (Lipinski definition) is 2. The third-order valence-electron chi connectivity index (χ3n) is 4.15. The van der Waals surface area contributed by atoms with Crippen molar-refractivity contribution in [2.75, 3.05) is 20.8 Å². The average Bonchev–Trinajstić information content (AvgIpc) is 2.66. The predicted octanol–water partition coefficient (Wildman–Crippen LogP) is 2.02. The maximum Gasteiger partial charge on any atom is 0.342 e. The Bertz CT molecular complexity index is 655. The van der Waals surface area contributed by atoms with Crippen molar-refractivity contribution in [3.05, 3.63) is 23.8 Å². The minimum Gasteiger partial charge on any atom is -0.497 e. The van der Waals surface area contributed by atoms with Gasteiger partial charge in [0.15, 0.2) is 6.61 Å². The molecule has 142 valence electrons. The first kappa shape index (κ1) is 19.6. The van der Waals surface area contributed by atoms with Gasteiger partial charge in [-0.25, -0.2) is 9.59 Å². The average molecular weight is 364 g/mol. The number of benzene rings is 1. The SMILES string of the molecule is COc1ccc(OC)c(C(=O)OCC(=O)NC(=O)NC2CCCCC2)c1. The van der Waals surface area contributed by atoms with Crippen LogP contribution in [0.1, 0.15) is 42.5 Å². The van der Waals surface area contributed by atoms with E-state index in [9.17, 15) is 14.4 Å². The maximum atomic E-state index is 12.2. The molecule has 2 rings (SSSR count). The minimum atomic E-state index is -0.747. The van der Waals surface area contributed by atoms with E-state index in [2.05, 4.69) is 10.6 Å². The van der Waals surface area contributed by atoms with Gasteiger partial charge in [0.25, 0.3) is 5.91 Å². The molecule has 1 aromatic rings. The van der Waals surface area contributed by atoms with E-state index >= 15 is 0 Å². The van der Waals surface area contributed by atoms with Gasteiger partial charge in [-0.15, -0.1) is 0 Å². The zero-order valence-electron chi connectivity index (χ0n) is 15.0. The molecule has 0 saturated heterocycles. The first-order valence-electron chi connectivity index (χ1n) is 8.53. The summed E-state index contributed by atoms with van der Waals surface area (Å²) in [6, 6.07) is 4.16. The van der Waals surface area contributed by atoms with Crippen LogP contribution < -0.4 is 20.1 Å². The van der Waals surface area contributed by atoms with Gasteiger partial charge >= 0.3 is 12.0 Å². The second-order valence-electron chi connectivity index (χ2n) is 6.00. The molecule has 26 heavy (non-hydrogen) atoms. The molecule has 8 nitrogen and oxygen atoms in total. The van der Waals surface area contributed by atoms with Gasteiger partial charge in [-0.2, -0.15) is 0 Å². The summed E-state index contributed by atoms with van der Waals surface area (Å²) in [6.07, 6.45) is 5.12. The van der Waals surface area contributed by atoms with Crippen molar-refractivity contribution in [2.24, 2.45) is 0 Å². The van der Waals surface area contributed by atoms with Crippen molar-refractivity contribution in [3.8, 4) is 11.5 Å². The monoisotopic (exact) mass is 364 g/mol. The van der Waals surface area contributed by atoms with E-state index in [1.807, 2.05) is 0 Å². The Kier molecular flexibility index (Phi) is 7.25. The molecule has 0 radical (unpaired) electrons. The molecular weight excluding hydrogens is 340 g/mol. The normalized spacial score (nSPS) is 14.2. The van der Waals surface area contributed by atoms with Crippen LogP contribution in [-0.4, -0.2) is 44.8 Å². The second kappa shape index (κ2) is 9.65. The lowest BCUT2D eigenvalue weighted by Crippen LogP contribution is -2.46. The lowest BCUT2D eigenvalue weighted by molar-refractivity contribution is -0.123. The Morgan fingerprint density at radius 1 is 1.08 bits per heavy atom. The molecule has 0 heterocycles. The Labute approximate surface area is 152 Å². The summed E-state index contributed by atoms with van der Waals surface area (Å²) in [5, 5.41) is 4.92. The fraction of sp³-hybridized carbons (Fsp3) is 0.500. The summed E-state index contributed by atoms with van der Waals surface area (Å²) >= 11 is 0. The summed E-state index contributed by atoms with van der Waals surface area (Å²) in [7, 11) is 2.89. The molecular formula is C18H24N2O6. The summed E-state index contributed by atoms with van der Waals surface area (Å²) < 4.78 is 15.1. The molecule has 1 saturated carbocycles. The van der Waals surface area contributed by atoms with Gasteiger partial charge in [0.1, 0.15) is 17.1 Å². The van der Waals surface area contributed by atoms with Crippen LogP contribution >= 0.6 is 0 Å². The van der Waals surface area contributed by atoms with Crippen LogP contribution in [-0.2, 0) is 9.53 Å². The highest BCUT2D eigenvalue weighted by atomic mass is 16.5. The topological polar surface area (TPSA) is 103 Å². The number of esters is 1. The molecule has 2 N–H and O–H groups in total. The van der Waals surface area contributed by atoms with E-state index in [0.717, 1.165) is 25.7 Å². The molecule has 1 aromatic carbocycles. The van der Waals surface area contributed by atoms with Crippen LogP contribution in [0.25, 0.3) is 0 Å². The molecule has 3 amide bonds. The number of carbonyl (C=O) groups is 3. The zero-order valence-corrected chi connectivity index (χ0v) is 15.0. The number of rotatable bonds is 6. The van der Waals surface area contributed by atoms with Gasteiger partial charge in [-0.3, -0.25) is 10.1 Å². The standard InChI is InChI=1S/C18H24N2O6/c1-24-13-8-9-15(25-2)14(10-13)17(22)26-11-16(21)20-18(23)19-12-6-4-3-5-7-12/h8-10,12H,3-7,11H2,1-2H3,(H2,19,20,21,23). The van der Waals surface area contributed by atoms with Crippen LogP contribution in [0.15, 0.2) is 18.2 Å². The number of urea groups is 1. The smallest absolute Gasteiger partial charge is 0.342 e. The number of ether oxygens (including phenoxy) is 3. The first-order valence-corrected chi connectivity index (χ1v) is 8.53. The van der Waals surface area contributed by atoms with E-state index in [1.54, 1.807) is 12.1 Å². The Hall–Kier alpha value is -2.77. The van der Waals surface area contributed by atoms with E-state index in [4.69, 9.17) is 14.2 Å². The molecule has 1 aliphatic rings. The molecule has 8 heteroatoms. The highest BCUT2D eigenvalue weighted by Crippen LogP contribution is 2.24. The van der Waals surface area contributed by atoms with Gasteiger partial charge in [-0.05, 0) is 31.0 Å². The van der Waals surface area contributed by atoms with Gasteiger partial charge in [0.2, 0.25) is 0 Å². The number of carbonyl (C=O) groups excluding carboxylic acids is 3. The van der Waals surface area contributed by atoms with Crippen molar-refractivity contribution < 1.29 is 28.6 Å². The van der Waals surface area contributed by atoms with Crippen molar-refractivity contribution >= 4 is 17.9 Å². The van der Waals surface area contributed by atoms with Crippen LogP contribution in [0.3, 0.4) is 0 Å². The fourth-order valence-corrected chi connectivity index (χ4v) is 2.81. The summed E-state index contributed by atoms with van der Waals surface area (Å²) in [4.78, 5) is 35.8. The largest absolute Gasteiger partial charge is 0.497 e. The summed E-state index contributed by atoms with van der Waals surface area (Å²) in [6.45, 7) is -0.572. The lowest BCUT2D eigenvalue weighted by atomic mass is 9.96. The van der Waals surface area contributed by atoms with Crippen LogP contribution in [0.4, 0.5) is 4.79 Å². The molecule has 0 unspecified atom stereocenters. The molecule has 1 aliphatic carbocycles. The first-order chi connectivity index (χ1) is 12.5. The summed E-state index contributed by atoms with van der Waals surface area (Å²) in [5.74, 6) is -0.697. The number of methoxy groups -OCH3 is 2. The predicted molar refractivity (Wildman–Crippen MR) is 93.4 cm³/mol. The molecule has 0 atom stereocenters. The molecule has 0 bridgehead atoms. The van der Waals surface area contributed by atoms with Crippen molar-refractivity contribution in [1.29, 1.82) is 0 Å². The van der Waals surface area contributed by atoms with Crippen molar-refractivity contribution in [1.82, 2.24) is 10.6 Å². The van der Waals surface area contributed by atoms with E-state index < -0.39 is 24.5 Å². The van der Waals surface area contributed by atoms with Crippen molar-refractivity contribution in [2.45, 2.75) is 38.1 Å². The van der Waals surface area contributed by atoms with Gasteiger partial charge < -0.3 is 19.5 Å². The third-order valence-corrected chi connectivity index (χ3v) is 4.15. The van der Waals surface area contributed by atoms with Gasteiger partial charge in [-0.1, -0.05) is 19.3 Å².